The lowest BCUT2D eigenvalue weighted by atomic mass is 10.0. The third-order valence-electron chi connectivity index (χ3n) is 3.03. The van der Waals surface area contributed by atoms with E-state index in [2.05, 4.69) is 23.7 Å². The topological polar surface area (TPSA) is 59.9 Å². The van der Waals surface area contributed by atoms with Crippen LogP contribution in [0.3, 0.4) is 0 Å². The Balaban J connectivity index is 2.26. The second-order valence-electron chi connectivity index (χ2n) is 5.01. The van der Waals surface area contributed by atoms with Gasteiger partial charge < -0.3 is 4.98 Å². The first-order chi connectivity index (χ1) is 8.10. The van der Waals surface area contributed by atoms with Crippen LogP contribution in [-0.4, -0.2) is 23.0 Å². The summed E-state index contributed by atoms with van der Waals surface area (Å²) in [5, 5.41) is 8.85. The van der Waals surface area contributed by atoms with E-state index < -0.39 is 0 Å². The van der Waals surface area contributed by atoms with Gasteiger partial charge in [-0.2, -0.15) is 5.26 Å². The Morgan fingerprint density at radius 2 is 2.35 bits per heavy atom. The van der Waals surface area contributed by atoms with Crippen LogP contribution in [-0.2, 0) is 13.0 Å². The maximum Gasteiger partial charge on any atom is 0.266 e. The molecule has 0 aliphatic carbocycles. The van der Waals surface area contributed by atoms with Crippen LogP contribution in [0.1, 0.15) is 30.7 Å². The standard InChI is InChI=1S/C13H17N3O/c1-9(2)7-16-4-3-12-11(8-16)5-10(6-14)13(17)15-12/h5,9H,3-4,7-8H2,1-2H3,(H,15,17). The molecule has 1 aliphatic rings. The summed E-state index contributed by atoms with van der Waals surface area (Å²) in [5.74, 6) is 0.634. The van der Waals surface area contributed by atoms with Gasteiger partial charge in [-0.25, -0.2) is 0 Å². The molecule has 0 fully saturated rings. The molecule has 0 unspecified atom stereocenters. The highest BCUT2D eigenvalue weighted by atomic mass is 16.1. The number of aromatic amines is 1. The average molecular weight is 231 g/mol. The van der Waals surface area contributed by atoms with E-state index in [4.69, 9.17) is 5.26 Å². The molecular formula is C13H17N3O. The summed E-state index contributed by atoms with van der Waals surface area (Å²) in [7, 11) is 0. The Kier molecular flexibility index (Phi) is 3.30. The summed E-state index contributed by atoms with van der Waals surface area (Å²) < 4.78 is 0. The van der Waals surface area contributed by atoms with Gasteiger partial charge in [0.15, 0.2) is 0 Å². The van der Waals surface area contributed by atoms with Gasteiger partial charge >= 0.3 is 0 Å². The molecule has 0 amide bonds. The highest BCUT2D eigenvalue weighted by Crippen LogP contribution is 2.17. The van der Waals surface area contributed by atoms with Crippen LogP contribution in [0, 0.1) is 17.2 Å². The molecule has 17 heavy (non-hydrogen) atoms. The van der Waals surface area contributed by atoms with Gasteiger partial charge in [0.2, 0.25) is 0 Å². The summed E-state index contributed by atoms with van der Waals surface area (Å²) in [6.07, 6.45) is 0.864. The molecule has 0 radical (unpaired) electrons. The maximum absolute atomic E-state index is 11.5. The Morgan fingerprint density at radius 3 is 3.00 bits per heavy atom. The number of nitrogens with zero attached hydrogens (tertiary/aromatic N) is 2. The number of hydrogen-bond donors (Lipinski definition) is 1. The quantitative estimate of drug-likeness (QED) is 0.833. The number of pyridine rings is 1. The Labute approximate surface area is 101 Å². The van der Waals surface area contributed by atoms with E-state index in [-0.39, 0.29) is 11.1 Å². The second kappa shape index (κ2) is 4.72. The zero-order valence-corrected chi connectivity index (χ0v) is 10.3. The van der Waals surface area contributed by atoms with Crippen molar-refractivity contribution in [1.82, 2.24) is 9.88 Å². The van der Waals surface area contributed by atoms with Crippen LogP contribution in [0.4, 0.5) is 0 Å². The van der Waals surface area contributed by atoms with E-state index >= 15 is 0 Å². The molecule has 4 nitrogen and oxygen atoms in total. The lowest BCUT2D eigenvalue weighted by Gasteiger charge is -2.29. The van der Waals surface area contributed by atoms with Crippen molar-refractivity contribution in [2.24, 2.45) is 5.92 Å². The number of fused-ring (bicyclic) bond motifs is 1. The van der Waals surface area contributed by atoms with E-state index in [0.29, 0.717) is 5.92 Å². The predicted octanol–water partition coefficient (Wildman–Crippen LogP) is 1.26. The molecule has 1 N–H and O–H groups in total. The molecule has 1 aromatic rings. The van der Waals surface area contributed by atoms with Crippen molar-refractivity contribution in [1.29, 1.82) is 5.26 Å². The van der Waals surface area contributed by atoms with Gasteiger partial charge in [-0.3, -0.25) is 9.69 Å². The fourth-order valence-corrected chi connectivity index (χ4v) is 2.32. The number of H-pyrrole nitrogens is 1. The van der Waals surface area contributed by atoms with Gasteiger partial charge in [0.1, 0.15) is 11.6 Å². The summed E-state index contributed by atoms with van der Waals surface area (Å²) in [5.41, 5.74) is 2.04. The lowest BCUT2D eigenvalue weighted by molar-refractivity contribution is 0.224. The monoisotopic (exact) mass is 231 g/mol. The number of nitriles is 1. The Bertz CT molecular complexity index is 510. The summed E-state index contributed by atoms with van der Waals surface area (Å²) in [4.78, 5) is 16.7. The van der Waals surface area contributed by atoms with Gasteiger partial charge in [0.05, 0.1) is 0 Å². The highest BCUT2D eigenvalue weighted by Gasteiger charge is 2.18. The number of rotatable bonds is 2. The van der Waals surface area contributed by atoms with Gasteiger partial charge in [-0.1, -0.05) is 13.8 Å². The van der Waals surface area contributed by atoms with Crippen molar-refractivity contribution in [3.8, 4) is 6.07 Å². The summed E-state index contributed by atoms with van der Waals surface area (Å²) in [6.45, 7) is 7.26. The molecule has 4 heteroatoms. The molecule has 0 atom stereocenters. The van der Waals surface area contributed by atoms with Crippen LogP contribution in [0.15, 0.2) is 10.9 Å². The average Bonchev–Trinajstić information content (AvgIpc) is 2.28. The molecule has 2 rings (SSSR count). The fraction of sp³-hybridized carbons (Fsp3) is 0.538. The largest absolute Gasteiger partial charge is 0.325 e. The lowest BCUT2D eigenvalue weighted by Crippen LogP contribution is -2.35. The third-order valence-corrected chi connectivity index (χ3v) is 3.03. The second-order valence-corrected chi connectivity index (χ2v) is 5.01. The molecule has 0 saturated heterocycles. The van der Waals surface area contributed by atoms with Crippen molar-refractivity contribution >= 4 is 0 Å². The van der Waals surface area contributed by atoms with Crippen molar-refractivity contribution in [2.45, 2.75) is 26.8 Å². The first kappa shape index (κ1) is 11.9. The van der Waals surface area contributed by atoms with Crippen LogP contribution in [0.25, 0.3) is 0 Å². The minimum atomic E-state index is -0.261. The zero-order chi connectivity index (χ0) is 12.4. The molecule has 0 saturated carbocycles. The first-order valence-corrected chi connectivity index (χ1v) is 5.97. The van der Waals surface area contributed by atoms with E-state index in [1.165, 1.54) is 0 Å². The normalized spacial score (nSPS) is 15.6. The molecular weight excluding hydrogens is 214 g/mol. The molecule has 1 aliphatic heterocycles. The minimum absolute atomic E-state index is 0.218. The van der Waals surface area contributed by atoms with E-state index in [1.807, 2.05) is 6.07 Å². The van der Waals surface area contributed by atoms with Gasteiger partial charge in [0, 0.05) is 31.7 Å². The SMILES string of the molecule is CC(C)CN1CCc2[nH]c(=O)c(C#N)cc2C1. The fourth-order valence-electron chi connectivity index (χ4n) is 2.32. The van der Waals surface area contributed by atoms with Crippen LogP contribution in [0.5, 0.6) is 0 Å². The van der Waals surface area contributed by atoms with Gasteiger partial charge in [-0.05, 0) is 17.5 Å². The Morgan fingerprint density at radius 1 is 1.59 bits per heavy atom. The number of nitrogens with one attached hydrogen (secondary N) is 1. The number of aromatic nitrogens is 1. The summed E-state index contributed by atoms with van der Waals surface area (Å²) >= 11 is 0. The van der Waals surface area contributed by atoms with Crippen molar-refractivity contribution in [2.75, 3.05) is 13.1 Å². The van der Waals surface area contributed by atoms with Crippen molar-refractivity contribution in [3.63, 3.8) is 0 Å². The minimum Gasteiger partial charge on any atom is -0.325 e. The zero-order valence-electron chi connectivity index (χ0n) is 10.3. The predicted molar refractivity (Wildman–Crippen MR) is 65.6 cm³/mol. The van der Waals surface area contributed by atoms with Crippen molar-refractivity contribution in [3.05, 3.63) is 33.2 Å². The smallest absolute Gasteiger partial charge is 0.266 e. The van der Waals surface area contributed by atoms with E-state index in [0.717, 1.165) is 37.3 Å². The van der Waals surface area contributed by atoms with E-state index in [9.17, 15) is 4.79 Å². The molecule has 2 heterocycles. The van der Waals surface area contributed by atoms with Crippen LogP contribution >= 0.6 is 0 Å². The Hall–Kier alpha value is -1.60. The molecule has 0 aromatic carbocycles. The molecule has 1 aromatic heterocycles. The maximum atomic E-state index is 11.5. The molecule has 0 bridgehead atoms. The van der Waals surface area contributed by atoms with E-state index in [1.54, 1.807) is 6.07 Å². The first-order valence-electron chi connectivity index (χ1n) is 5.97. The van der Waals surface area contributed by atoms with Crippen LogP contribution in [0.2, 0.25) is 0 Å². The van der Waals surface area contributed by atoms with Gasteiger partial charge in [-0.15, -0.1) is 0 Å². The third kappa shape index (κ3) is 2.56. The summed E-state index contributed by atoms with van der Waals surface area (Å²) in [6, 6.07) is 3.68. The highest BCUT2D eigenvalue weighted by molar-refractivity contribution is 5.34. The molecule has 0 spiro atoms. The van der Waals surface area contributed by atoms with Crippen molar-refractivity contribution < 1.29 is 0 Å². The van der Waals surface area contributed by atoms with Crippen LogP contribution < -0.4 is 5.56 Å². The number of hydrogen-bond acceptors (Lipinski definition) is 3. The van der Waals surface area contributed by atoms with Gasteiger partial charge in [0.25, 0.3) is 5.56 Å². The molecule has 90 valence electrons.